The molecule has 0 spiro atoms. The predicted octanol–water partition coefficient (Wildman–Crippen LogP) is 3.62. The summed E-state index contributed by atoms with van der Waals surface area (Å²) in [7, 11) is 0. The summed E-state index contributed by atoms with van der Waals surface area (Å²) in [5.74, 6) is 0.684. The van der Waals surface area contributed by atoms with Crippen LogP contribution in [0.5, 0.6) is 5.75 Å². The number of ether oxygens (including phenoxy) is 2. The lowest BCUT2D eigenvalue weighted by Gasteiger charge is -2.27. The van der Waals surface area contributed by atoms with Gasteiger partial charge in [0.05, 0.1) is 6.61 Å². The maximum Gasteiger partial charge on any atom is 0.256 e. The van der Waals surface area contributed by atoms with Gasteiger partial charge in [0.1, 0.15) is 11.4 Å². The summed E-state index contributed by atoms with van der Waals surface area (Å²) in [5.41, 5.74) is -0.0348. The molecule has 1 rings (SSSR count). The molecule has 0 heterocycles. The van der Waals surface area contributed by atoms with Crippen LogP contribution >= 0.6 is 0 Å². The van der Waals surface area contributed by atoms with Gasteiger partial charge in [0.25, 0.3) is 5.91 Å². The van der Waals surface area contributed by atoms with Gasteiger partial charge in [-0.15, -0.1) is 0 Å². The van der Waals surface area contributed by atoms with Crippen LogP contribution in [0.1, 0.15) is 40.5 Å². The van der Waals surface area contributed by atoms with Crippen molar-refractivity contribution in [2.45, 2.75) is 46.1 Å². The van der Waals surface area contributed by atoms with E-state index in [0.29, 0.717) is 19.6 Å². The Bertz CT molecular complexity index is 416. The highest BCUT2D eigenvalue weighted by atomic mass is 16.5. The molecule has 0 aliphatic carbocycles. The van der Waals surface area contributed by atoms with Crippen molar-refractivity contribution in [1.29, 1.82) is 0 Å². The summed E-state index contributed by atoms with van der Waals surface area (Å²) < 4.78 is 11.1. The van der Waals surface area contributed by atoms with Crippen LogP contribution in [0, 0.1) is 0 Å². The Hall–Kier alpha value is -1.55. The molecule has 0 aliphatic heterocycles. The van der Waals surface area contributed by atoms with Gasteiger partial charge in [0.2, 0.25) is 0 Å². The average Bonchev–Trinajstić information content (AvgIpc) is 2.47. The first kappa shape index (κ1) is 16.5. The smallest absolute Gasteiger partial charge is 0.256 e. The van der Waals surface area contributed by atoms with Gasteiger partial charge < -0.3 is 14.8 Å². The van der Waals surface area contributed by atoms with Crippen molar-refractivity contribution >= 4 is 11.6 Å². The summed E-state index contributed by atoms with van der Waals surface area (Å²) >= 11 is 0. The molecule has 1 aromatic rings. The minimum atomic E-state index is -0.783. The number of hydrogen-bond donors (Lipinski definition) is 1. The molecule has 0 fully saturated rings. The number of benzene rings is 1. The highest BCUT2D eigenvalue weighted by molar-refractivity contribution is 5.97. The molecule has 0 saturated carbocycles. The normalized spacial score (nSPS) is 13.6. The van der Waals surface area contributed by atoms with Crippen LogP contribution in [0.2, 0.25) is 0 Å². The Morgan fingerprint density at radius 3 is 2.35 bits per heavy atom. The predicted molar refractivity (Wildman–Crippen MR) is 81.2 cm³/mol. The second-order valence-corrected chi connectivity index (χ2v) is 4.84. The molecule has 1 atom stereocenters. The van der Waals surface area contributed by atoms with E-state index in [1.54, 1.807) is 0 Å². The molecule has 4 nitrogen and oxygen atoms in total. The maximum atomic E-state index is 12.3. The molecule has 1 amide bonds. The van der Waals surface area contributed by atoms with E-state index >= 15 is 0 Å². The van der Waals surface area contributed by atoms with Gasteiger partial charge in [0, 0.05) is 12.3 Å². The number of nitrogens with one attached hydrogen (secondary N) is 1. The van der Waals surface area contributed by atoms with E-state index in [1.165, 1.54) is 0 Å². The fourth-order valence-electron chi connectivity index (χ4n) is 1.72. The highest BCUT2D eigenvalue weighted by Crippen LogP contribution is 2.21. The van der Waals surface area contributed by atoms with Gasteiger partial charge in [-0.25, -0.2) is 0 Å². The molecule has 4 heteroatoms. The highest BCUT2D eigenvalue weighted by Gasteiger charge is 2.32. The quantitative estimate of drug-likeness (QED) is 0.790. The Labute approximate surface area is 121 Å². The maximum absolute atomic E-state index is 12.3. The van der Waals surface area contributed by atoms with Crippen LogP contribution in [0.3, 0.4) is 0 Å². The molecule has 1 aromatic carbocycles. The number of carbonyl (C=O) groups is 1. The van der Waals surface area contributed by atoms with Crippen molar-refractivity contribution in [3.05, 3.63) is 24.3 Å². The number of anilines is 1. The van der Waals surface area contributed by atoms with Crippen molar-refractivity contribution in [3.8, 4) is 5.75 Å². The molecular weight excluding hydrogens is 254 g/mol. The lowest BCUT2D eigenvalue weighted by atomic mass is 10.0. The van der Waals surface area contributed by atoms with Crippen molar-refractivity contribution in [2.75, 3.05) is 18.5 Å². The van der Waals surface area contributed by atoms with E-state index in [9.17, 15) is 4.79 Å². The van der Waals surface area contributed by atoms with E-state index in [2.05, 4.69) is 5.32 Å². The number of amides is 1. The fourth-order valence-corrected chi connectivity index (χ4v) is 1.72. The van der Waals surface area contributed by atoms with Crippen LogP contribution in [-0.2, 0) is 9.53 Å². The summed E-state index contributed by atoms with van der Waals surface area (Å²) in [5, 5.41) is 2.89. The van der Waals surface area contributed by atoms with Crippen LogP contribution in [0.4, 0.5) is 5.69 Å². The third kappa shape index (κ3) is 4.53. The zero-order valence-corrected chi connectivity index (χ0v) is 12.9. The minimum Gasteiger partial charge on any atom is -0.494 e. The topological polar surface area (TPSA) is 47.6 Å². The number of hydrogen-bond acceptors (Lipinski definition) is 3. The van der Waals surface area contributed by atoms with E-state index in [-0.39, 0.29) is 5.91 Å². The lowest BCUT2D eigenvalue weighted by Crippen LogP contribution is -2.42. The van der Waals surface area contributed by atoms with E-state index < -0.39 is 5.60 Å². The zero-order chi connectivity index (χ0) is 15.0. The molecule has 0 radical (unpaired) electrons. The van der Waals surface area contributed by atoms with Crippen molar-refractivity contribution in [3.63, 3.8) is 0 Å². The van der Waals surface area contributed by atoms with Crippen LogP contribution in [-0.4, -0.2) is 24.7 Å². The second kappa shape index (κ2) is 7.90. The summed E-state index contributed by atoms with van der Waals surface area (Å²) in [6.07, 6.45) is 1.53. The molecule has 0 aromatic heterocycles. The summed E-state index contributed by atoms with van der Waals surface area (Å²) in [4.78, 5) is 12.3. The average molecular weight is 279 g/mol. The molecule has 0 aliphatic rings. The van der Waals surface area contributed by atoms with Crippen molar-refractivity contribution in [1.82, 2.24) is 0 Å². The van der Waals surface area contributed by atoms with Gasteiger partial charge in [0.15, 0.2) is 0 Å². The van der Waals surface area contributed by atoms with Crippen molar-refractivity contribution < 1.29 is 14.3 Å². The Morgan fingerprint density at radius 2 is 1.85 bits per heavy atom. The second-order valence-electron chi connectivity index (χ2n) is 4.84. The molecule has 112 valence electrons. The summed E-state index contributed by atoms with van der Waals surface area (Å²) in [6, 6.07) is 7.35. The molecule has 1 N–H and O–H groups in total. The number of carbonyl (C=O) groups excluding carboxylic acids is 1. The number of rotatable bonds is 8. The van der Waals surface area contributed by atoms with E-state index in [4.69, 9.17) is 9.47 Å². The van der Waals surface area contributed by atoms with Crippen LogP contribution < -0.4 is 10.1 Å². The van der Waals surface area contributed by atoms with Gasteiger partial charge in [-0.05, 0) is 51.0 Å². The first-order valence-electron chi connectivity index (χ1n) is 7.24. The third-order valence-electron chi connectivity index (χ3n) is 3.20. The third-order valence-corrected chi connectivity index (χ3v) is 3.20. The lowest BCUT2D eigenvalue weighted by molar-refractivity contribution is -0.139. The van der Waals surface area contributed by atoms with Gasteiger partial charge in [-0.2, -0.15) is 0 Å². The summed E-state index contributed by atoms with van der Waals surface area (Å²) in [6.45, 7) is 8.96. The van der Waals surface area contributed by atoms with E-state index in [0.717, 1.165) is 17.9 Å². The molecule has 20 heavy (non-hydrogen) atoms. The molecule has 1 unspecified atom stereocenters. The Morgan fingerprint density at radius 1 is 1.20 bits per heavy atom. The van der Waals surface area contributed by atoms with Gasteiger partial charge in [-0.3, -0.25) is 4.79 Å². The first-order valence-corrected chi connectivity index (χ1v) is 7.24. The first-order chi connectivity index (χ1) is 9.55. The van der Waals surface area contributed by atoms with Crippen molar-refractivity contribution in [2.24, 2.45) is 0 Å². The fraction of sp³-hybridized carbons (Fsp3) is 0.562. The molecule has 0 bridgehead atoms. The Kier molecular flexibility index (Phi) is 6.52. The monoisotopic (exact) mass is 279 g/mol. The zero-order valence-electron chi connectivity index (χ0n) is 12.9. The molecular formula is C16H25NO3. The standard InChI is InChI=1S/C16H25NO3/c1-5-12-20-16(4,6-2)15(18)17-13-8-10-14(11-9-13)19-7-3/h8-11H,5-7,12H2,1-4H3,(H,17,18). The Balaban J connectivity index is 2.68. The SMILES string of the molecule is CCCOC(C)(CC)C(=O)Nc1ccc(OCC)cc1. The van der Waals surface area contributed by atoms with Crippen LogP contribution in [0.15, 0.2) is 24.3 Å². The largest absolute Gasteiger partial charge is 0.494 e. The molecule has 0 saturated heterocycles. The van der Waals surface area contributed by atoms with Gasteiger partial charge >= 0.3 is 0 Å². The van der Waals surface area contributed by atoms with Gasteiger partial charge in [-0.1, -0.05) is 13.8 Å². The van der Waals surface area contributed by atoms with E-state index in [1.807, 2.05) is 52.0 Å². The minimum absolute atomic E-state index is 0.113. The van der Waals surface area contributed by atoms with Crippen LogP contribution in [0.25, 0.3) is 0 Å².